The molecular weight excluding hydrogens is 401 g/mol. The van der Waals surface area contributed by atoms with E-state index in [0.29, 0.717) is 9.39 Å². The van der Waals surface area contributed by atoms with Crippen molar-refractivity contribution in [1.82, 2.24) is 19.9 Å². The summed E-state index contributed by atoms with van der Waals surface area (Å²) >= 11 is 1.27. The van der Waals surface area contributed by atoms with Crippen LogP contribution in [0.25, 0.3) is 16.2 Å². The number of nitrogens with one attached hydrogen (secondary N) is 1. The second-order valence-electron chi connectivity index (χ2n) is 6.40. The third-order valence-corrected chi connectivity index (χ3v) is 5.32. The number of carbonyl (C=O) groups is 1. The highest BCUT2D eigenvalue weighted by Crippen LogP contribution is 2.33. The van der Waals surface area contributed by atoms with Crippen molar-refractivity contribution in [3.8, 4) is 10.6 Å². The minimum Gasteiger partial charge on any atom is -0.345 e. The predicted octanol–water partition coefficient (Wildman–Crippen LogP) is 4.97. The lowest BCUT2D eigenvalue weighted by atomic mass is 10.1. The molecule has 0 radical (unpaired) electrons. The average molecular weight is 416 g/mol. The number of carbonyl (C=O) groups excluding carboxylic acids is 1. The van der Waals surface area contributed by atoms with Crippen LogP contribution in [-0.2, 0) is 6.18 Å². The summed E-state index contributed by atoms with van der Waals surface area (Å²) < 4.78 is 41.5. The Balaban J connectivity index is 1.77. The first-order valence-corrected chi connectivity index (χ1v) is 9.58. The van der Waals surface area contributed by atoms with Crippen molar-refractivity contribution < 1.29 is 18.0 Å². The molecule has 0 aliphatic heterocycles. The van der Waals surface area contributed by atoms with Gasteiger partial charge in [0, 0.05) is 0 Å². The Morgan fingerprint density at radius 1 is 1.17 bits per heavy atom. The van der Waals surface area contributed by atoms with Crippen LogP contribution in [0.3, 0.4) is 0 Å². The van der Waals surface area contributed by atoms with Crippen LogP contribution in [0.4, 0.5) is 13.2 Å². The molecule has 0 saturated heterocycles. The molecule has 3 aromatic heterocycles. The van der Waals surface area contributed by atoms with Crippen molar-refractivity contribution in [1.29, 1.82) is 0 Å². The maximum atomic E-state index is 13.6. The van der Waals surface area contributed by atoms with E-state index in [9.17, 15) is 18.0 Å². The van der Waals surface area contributed by atoms with Gasteiger partial charge in [-0.3, -0.25) is 4.79 Å². The van der Waals surface area contributed by atoms with Crippen molar-refractivity contribution in [3.63, 3.8) is 0 Å². The van der Waals surface area contributed by atoms with Gasteiger partial charge in [-0.05, 0) is 30.0 Å². The molecule has 0 saturated carbocycles. The standard InChI is InChI=1S/C20H15F3N4OS/c1-12(13-6-3-2-4-7-13)25-19(28)14-11-24-27-17(20(21,22)23)10-15(26-18(14)27)16-8-5-9-29-16/h2-12H,1H3,(H,25,28)/t12-/m0/s1. The Labute approximate surface area is 167 Å². The monoisotopic (exact) mass is 416 g/mol. The van der Waals surface area contributed by atoms with Gasteiger partial charge in [0.05, 0.1) is 22.8 Å². The van der Waals surface area contributed by atoms with Crippen molar-refractivity contribution in [3.05, 3.63) is 76.9 Å². The first-order chi connectivity index (χ1) is 13.8. The van der Waals surface area contributed by atoms with Gasteiger partial charge in [0.25, 0.3) is 5.91 Å². The molecule has 148 valence electrons. The van der Waals surface area contributed by atoms with Gasteiger partial charge in [-0.25, -0.2) is 9.50 Å². The van der Waals surface area contributed by atoms with Crippen molar-refractivity contribution in [2.24, 2.45) is 0 Å². The summed E-state index contributed by atoms with van der Waals surface area (Å²) in [7, 11) is 0. The maximum absolute atomic E-state index is 13.6. The van der Waals surface area contributed by atoms with Crippen LogP contribution in [-0.4, -0.2) is 20.5 Å². The normalized spacial score (nSPS) is 12.8. The van der Waals surface area contributed by atoms with Gasteiger partial charge in [-0.1, -0.05) is 36.4 Å². The smallest absolute Gasteiger partial charge is 0.345 e. The summed E-state index contributed by atoms with van der Waals surface area (Å²) in [4.78, 5) is 17.7. The number of nitrogens with zero attached hydrogens (tertiary/aromatic N) is 3. The number of aromatic nitrogens is 3. The highest BCUT2D eigenvalue weighted by Gasteiger charge is 2.36. The summed E-state index contributed by atoms with van der Waals surface area (Å²) in [5.41, 5.74) is -0.121. The van der Waals surface area contributed by atoms with Gasteiger partial charge in [0.15, 0.2) is 11.3 Å². The molecule has 0 spiro atoms. The Morgan fingerprint density at radius 3 is 2.59 bits per heavy atom. The lowest BCUT2D eigenvalue weighted by Crippen LogP contribution is -2.26. The number of halogens is 3. The summed E-state index contributed by atoms with van der Waals surface area (Å²) in [6.07, 6.45) is -3.53. The lowest BCUT2D eigenvalue weighted by molar-refractivity contribution is -0.142. The largest absolute Gasteiger partial charge is 0.433 e. The Morgan fingerprint density at radius 2 is 1.93 bits per heavy atom. The van der Waals surface area contributed by atoms with Crippen LogP contribution in [0.2, 0.25) is 0 Å². The van der Waals surface area contributed by atoms with Gasteiger partial charge in [-0.15, -0.1) is 11.3 Å². The predicted molar refractivity (Wildman–Crippen MR) is 104 cm³/mol. The fourth-order valence-electron chi connectivity index (χ4n) is 2.97. The van der Waals surface area contributed by atoms with Gasteiger partial charge in [-0.2, -0.15) is 18.3 Å². The van der Waals surface area contributed by atoms with Crippen LogP contribution >= 0.6 is 11.3 Å². The number of rotatable bonds is 4. The molecular formula is C20H15F3N4OS. The Hall–Kier alpha value is -3.20. The molecule has 4 aromatic rings. The van der Waals surface area contributed by atoms with Gasteiger partial charge >= 0.3 is 6.18 Å². The van der Waals surface area contributed by atoms with Gasteiger partial charge in [0.2, 0.25) is 0 Å². The highest BCUT2D eigenvalue weighted by atomic mass is 32.1. The molecule has 0 aliphatic carbocycles. The van der Waals surface area contributed by atoms with Crippen LogP contribution in [0.1, 0.15) is 34.6 Å². The van der Waals surface area contributed by atoms with E-state index in [0.717, 1.165) is 17.8 Å². The minimum absolute atomic E-state index is 0.0170. The van der Waals surface area contributed by atoms with E-state index in [2.05, 4.69) is 15.4 Å². The Kier molecular flexibility index (Phi) is 4.83. The van der Waals surface area contributed by atoms with Gasteiger partial charge in [0.1, 0.15) is 5.56 Å². The third-order valence-electron chi connectivity index (χ3n) is 4.43. The molecule has 4 rings (SSSR count). The van der Waals surface area contributed by atoms with Crippen molar-refractivity contribution in [2.75, 3.05) is 0 Å². The summed E-state index contributed by atoms with van der Waals surface area (Å²) in [5.74, 6) is -0.541. The first kappa shape index (κ1) is 19.1. The van der Waals surface area contributed by atoms with Crippen LogP contribution in [0.5, 0.6) is 0 Å². The molecule has 0 bridgehead atoms. The van der Waals surface area contributed by atoms with E-state index in [1.807, 2.05) is 30.3 Å². The van der Waals surface area contributed by atoms with Crippen LogP contribution in [0.15, 0.2) is 60.1 Å². The molecule has 1 amide bonds. The molecule has 3 heterocycles. The number of amides is 1. The van der Waals surface area contributed by atoms with Crippen molar-refractivity contribution >= 4 is 22.9 Å². The minimum atomic E-state index is -4.65. The maximum Gasteiger partial charge on any atom is 0.433 e. The number of fused-ring (bicyclic) bond motifs is 1. The Bertz CT molecular complexity index is 1150. The zero-order chi connectivity index (χ0) is 20.6. The average Bonchev–Trinajstić information content (AvgIpc) is 3.37. The second kappa shape index (κ2) is 7.32. The molecule has 0 unspecified atom stereocenters. The van der Waals surface area contributed by atoms with Crippen LogP contribution < -0.4 is 5.32 Å². The van der Waals surface area contributed by atoms with Gasteiger partial charge < -0.3 is 5.32 Å². The second-order valence-corrected chi connectivity index (χ2v) is 7.35. The summed E-state index contributed by atoms with van der Waals surface area (Å²) in [6, 6.07) is 13.3. The SMILES string of the molecule is C[C@H](NC(=O)c1cnn2c(C(F)(F)F)cc(-c3cccs3)nc12)c1ccccc1. The molecule has 1 aromatic carbocycles. The topological polar surface area (TPSA) is 59.3 Å². The first-order valence-electron chi connectivity index (χ1n) is 8.70. The molecule has 1 atom stereocenters. The molecule has 9 heteroatoms. The molecule has 0 fully saturated rings. The van der Waals surface area contributed by atoms with Crippen LogP contribution in [0, 0.1) is 0 Å². The van der Waals surface area contributed by atoms with E-state index in [1.54, 1.807) is 24.4 Å². The van der Waals surface area contributed by atoms with Crippen molar-refractivity contribution in [2.45, 2.75) is 19.1 Å². The number of hydrogen-bond donors (Lipinski definition) is 1. The summed E-state index contributed by atoms with van der Waals surface area (Å²) in [6.45, 7) is 1.80. The number of hydrogen-bond acceptors (Lipinski definition) is 4. The lowest BCUT2D eigenvalue weighted by Gasteiger charge is -2.14. The molecule has 1 N–H and O–H groups in total. The zero-order valence-corrected chi connectivity index (χ0v) is 16.0. The third kappa shape index (κ3) is 3.73. The quantitative estimate of drug-likeness (QED) is 0.511. The summed E-state index contributed by atoms with van der Waals surface area (Å²) in [5, 5.41) is 8.33. The zero-order valence-electron chi connectivity index (χ0n) is 15.1. The van der Waals surface area contributed by atoms with E-state index in [-0.39, 0.29) is 22.9 Å². The molecule has 5 nitrogen and oxygen atoms in total. The van der Waals surface area contributed by atoms with E-state index in [4.69, 9.17) is 0 Å². The number of benzene rings is 1. The fraction of sp³-hybridized carbons (Fsp3) is 0.150. The molecule has 29 heavy (non-hydrogen) atoms. The number of thiophene rings is 1. The van der Waals surface area contributed by atoms with E-state index < -0.39 is 17.8 Å². The number of alkyl halides is 3. The van der Waals surface area contributed by atoms with E-state index in [1.165, 1.54) is 11.3 Å². The highest BCUT2D eigenvalue weighted by molar-refractivity contribution is 7.13. The fourth-order valence-corrected chi connectivity index (χ4v) is 3.66. The molecule has 0 aliphatic rings. The van der Waals surface area contributed by atoms with E-state index >= 15 is 0 Å².